The number of thiazole rings is 1. The molecule has 0 saturated carbocycles. The second-order valence-corrected chi connectivity index (χ2v) is 8.60. The minimum Gasteiger partial charge on any atom is -0.308 e. The molecule has 2 aromatic rings. The lowest BCUT2D eigenvalue weighted by atomic mass is 9.79. The van der Waals surface area contributed by atoms with Gasteiger partial charge in [0.25, 0.3) is 0 Å². The van der Waals surface area contributed by atoms with E-state index in [9.17, 15) is 0 Å². The first-order valence-corrected chi connectivity index (χ1v) is 9.10. The fraction of sp³-hybridized carbons (Fsp3) is 0.556. The van der Waals surface area contributed by atoms with Gasteiger partial charge in [-0.2, -0.15) is 0 Å². The largest absolute Gasteiger partial charge is 0.308 e. The summed E-state index contributed by atoms with van der Waals surface area (Å²) < 4.78 is 0. The molecule has 0 aromatic carbocycles. The molecule has 0 atom stereocenters. The van der Waals surface area contributed by atoms with Gasteiger partial charge in [-0.3, -0.25) is 4.98 Å². The van der Waals surface area contributed by atoms with E-state index in [-0.39, 0.29) is 11.1 Å². The molecular weight excluding hydrogens is 304 g/mol. The Hall–Kier alpha value is -1.30. The molecule has 1 fully saturated rings. The van der Waals surface area contributed by atoms with Crippen LogP contribution in [0.15, 0.2) is 29.8 Å². The smallest absolute Gasteiger partial charge is 0.142 e. The highest BCUT2D eigenvalue weighted by Gasteiger charge is 2.37. The first-order chi connectivity index (χ1) is 10.8. The third-order valence-electron chi connectivity index (χ3n) is 4.20. The lowest BCUT2D eigenvalue weighted by Crippen LogP contribution is -2.61. The zero-order chi connectivity index (χ0) is 16.5. The maximum atomic E-state index is 4.72. The van der Waals surface area contributed by atoms with Gasteiger partial charge in [0.1, 0.15) is 5.01 Å². The summed E-state index contributed by atoms with van der Waals surface area (Å²) in [5, 5.41) is 10.5. The summed E-state index contributed by atoms with van der Waals surface area (Å²) in [7, 11) is 0. The van der Waals surface area contributed by atoms with Crippen molar-refractivity contribution in [1.82, 2.24) is 20.6 Å². The molecule has 1 aliphatic heterocycles. The average molecular weight is 331 g/mol. The quantitative estimate of drug-likeness (QED) is 0.899. The third-order valence-corrected chi connectivity index (χ3v) is 5.11. The highest BCUT2D eigenvalue weighted by Crippen LogP contribution is 2.29. The van der Waals surface area contributed by atoms with Gasteiger partial charge < -0.3 is 10.6 Å². The van der Waals surface area contributed by atoms with Crippen LogP contribution < -0.4 is 10.6 Å². The Labute approximate surface area is 142 Å². The maximum absolute atomic E-state index is 4.72. The van der Waals surface area contributed by atoms with Crippen LogP contribution in [0, 0.1) is 0 Å². The van der Waals surface area contributed by atoms with Gasteiger partial charge in [0.2, 0.25) is 0 Å². The maximum Gasteiger partial charge on any atom is 0.142 e. The molecule has 3 rings (SSSR count). The molecule has 5 heteroatoms. The first-order valence-electron chi connectivity index (χ1n) is 8.22. The molecule has 4 nitrogen and oxygen atoms in total. The molecule has 1 saturated heterocycles. The number of aromatic nitrogens is 2. The van der Waals surface area contributed by atoms with Crippen LogP contribution in [-0.4, -0.2) is 27.1 Å². The van der Waals surface area contributed by atoms with Crippen molar-refractivity contribution in [2.75, 3.05) is 0 Å². The topological polar surface area (TPSA) is 49.8 Å². The Morgan fingerprint density at radius 2 is 1.96 bits per heavy atom. The summed E-state index contributed by atoms with van der Waals surface area (Å²) in [5.41, 5.74) is 2.39. The van der Waals surface area contributed by atoms with Crippen LogP contribution in [0.2, 0.25) is 0 Å². The molecule has 0 bridgehead atoms. The molecular formula is C18H26N4S. The normalized spacial score (nSPS) is 20.5. The highest BCUT2D eigenvalue weighted by molar-refractivity contribution is 7.13. The van der Waals surface area contributed by atoms with Gasteiger partial charge in [-0.05, 0) is 52.7 Å². The fourth-order valence-corrected chi connectivity index (χ4v) is 4.51. The van der Waals surface area contributed by atoms with Crippen molar-refractivity contribution in [3.8, 4) is 10.7 Å². The van der Waals surface area contributed by atoms with Gasteiger partial charge in [0, 0.05) is 35.2 Å². The Bertz CT molecular complexity index is 632. The molecule has 0 aliphatic carbocycles. The second kappa shape index (κ2) is 6.30. The number of hydrogen-bond acceptors (Lipinski definition) is 5. The molecule has 124 valence electrons. The van der Waals surface area contributed by atoms with Crippen LogP contribution in [0.25, 0.3) is 10.7 Å². The second-order valence-electron chi connectivity index (χ2n) is 7.74. The van der Waals surface area contributed by atoms with Crippen molar-refractivity contribution < 1.29 is 0 Å². The number of nitrogens with zero attached hydrogens (tertiary/aromatic N) is 2. The summed E-state index contributed by atoms with van der Waals surface area (Å²) in [6, 6.07) is 6.45. The zero-order valence-electron chi connectivity index (χ0n) is 14.4. The molecule has 1 aliphatic rings. The first kappa shape index (κ1) is 16.6. The SMILES string of the molecule is CC1(C)CC(NCc2csc(-c3ccccn3)n2)CC(C)(C)N1. The van der Waals surface area contributed by atoms with Crippen molar-refractivity contribution in [3.05, 3.63) is 35.5 Å². The van der Waals surface area contributed by atoms with Crippen molar-refractivity contribution in [1.29, 1.82) is 0 Å². The monoisotopic (exact) mass is 330 g/mol. The van der Waals surface area contributed by atoms with Crippen LogP contribution in [0.4, 0.5) is 0 Å². The van der Waals surface area contributed by atoms with E-state index in [2.05, 4.69) is 48.7 Å². The number of hydrogen-bond donors (Lipinski definition) is 2. The van der Waals surface area contributed by atoms with Crippen LogP contribution in [0.3, 0.4) is 0 Å². The van der Waals surface area contributed by atoms with Gasteiger partial charge >= 0.3 is 0 Å². The van der Waals surface area contributed by atoms with Gasteiger partial charge in [0.15, 0.2) is 0 Å². The van der Waals surface area contributed by atoms with Crippen LogP contribution in [0.1, 0.15) is 46.2 Å². The molecule has 0 amide bonds. The molecule has 0 spiro atoms. The fourth-order valence-electron chi connectivity index (χ4n) is 3.71. The minimum absolute atomic E-state index is 0.167. The predicted octanol–water partition coefficient (Wildman–Crippen LogP) is 3.60. The standard InChI is InChI=1S/C18H26N4S/c1-17(2)9-13(10-18(3,4)22-17)20-11-14-12-23-16(21-14)15-7-5-6-8-19-15/h5-8,12-13,20,22H,9-11H2,1-4H3. The van der Waals surface area contributed by atoms with E-state index in [4.69, 9.17) is 4.98 Å². The average Bonchev–Trinajstić information content (AvgIpc) is 2.92. The number of nitrogens with one attached hydrogen (secondary N) is 2. The van der Waals surface area contributed by atoms with Crippen molar-refractivity contribution in [2.24, 2.45) is 0 Å². The summed E-state index contributed by atoms with van der Waals surface area (Å²) in [5.74, 6) is 0. The van der Waals surface area contributed by atoms with E-state index in [0.29, 0.717) is 6.04 Å². The molecule has 2 N–H and O–H groups in total. The summed E-state index contributed by atoms with van der Waals surface area (Å²) in [6.07, 6.45) is 4.08. The Balaban J connectivity index is 1.62. The number of rotatable bonds is 4. The van der Waals surface area contributed by atoms with Crippen LogP contribution in [-0.2, 0) is 6.54 Å². The Morgan fingerprint density at radius 3 is 2.61 bits per heavy atom. The number of piperidine rings is 1. The Morgan fingerprint density at radius 1 is 1.22 bits per heavy atom. The molecule has 0 radical (unpaired) electrons. The van der Waals surface area contributed by atoms with Crippen LogP contribution >= 0.6 is 11.3 Å². The molecule has 23 heavy (non-hydrogen) atoms. The highest BCUT2D eigenvalue weighted by atomic mass is 32.1. The Kier molecular flexibility index (Phi) is 4.54. The van der Waals surface area contributed by atoms with Gasteiger partial charge in [-0.25, -0.2) is 4.98 Å². The van der Waals surface area contributed by atoms with Gasteiger partial charge in [-0.1, -0.05) is 6.07 Å². The van der Waals surface area contributed by atoms with E-state index in [0.717, 1.165) is 35.8 Å². The lowest BCUT2D eigenvalue weighted by molar-refractivity contribution is 0.145. The van der Waals surface area contributed by atoms with Crippen LogP contribution in [0.5, 0.6) is 0 Å². The molecule has 3 heterocycles. The van der Waals surface area contributed by atoms with Crippen molar-refractivity contribution in [3.63, 3.8) is 0 Å². The van der Waals surface area contributed by atoms with E-state index in [1.807, 2.05) is 24.4 Å². The molecule has 2 aromatic heterocycles. The summed E-state index contributed by atoms with van der Waals surface area (Å²) >= 11 is 1.66. The van der Waals surface area contributed by atoms with E-state index < -0.39 is 0 Å². The van der Waals surface area contributed by atoms with Crippen molar-refractivity contribution in [2.45, 2.75) is 64.2 Å². The lowest BCUT2D eigenvalue weighted by Gasteiger charge is -2.46. The zero-order valence-corrected chi connectivity index (χ0v) is 15.2. The van der Waals surface area contributed by atoms with E-state index >= 15 is 0 Å². The van der Waals surface area contributed by atoms with E-state index in [1.54, 1.807) is 11.3 Å². The number of pyridine rings is 1. The predicted molar refractivity (Wildman–Crippen MR) is 96.5 cm³/mol. The summed E-state index contributed by atoms with van der Waals surface area (Å²) in [6.45, 7) is 9.95. The molecule has 0 unspecified atom stereocenters. The van der Waals surface area contributed by atoms with Crippen molar-refractivity contribution >= 4 is 11.3 Å². The van der Waals surface area contributed by atoms with Gasteiger partial charge in [0.05, 0.1) is 11.4 Å². The summed E-state index contributed by atoms with van der Waals surface area (Å²) in [4.78, 5) is 9.09. The van der Waals surface area contributed by atoms with Gasteiger partial charge in [-0.15, -0.1) is 11.3 Å². The third kappa shape index (κ3) is 4.37. The minimum atomic E-state index is 0.167. The van der Waals surface area contributed by atoms with E-state index in [1.165, 1.54) is 0 Å².